The van der Waals surface area contributed by atoms with E-state index in [1.54, 1.807) is 0 Å². The van der Waals surface area contributed by atoms with Crippen LogP contribution >= 0.6 is 0 Å². The monoisotopic (exact) mass is 394 g/mol. The fourth-order valence-electron chi connectivity index (χ4n) is 2.88. The summed E-state index contributed by atoms with van der Waals surface area (Å²) in [5.41, 5.74) is 0.389. The lowest BCUT2D eigenvalue weighted by atomic mass is 10.3. The predicted octanol–water partition coefficient (Wildman–Crippen LogP) is 3.04. The summed E-state index contributed by atoms with van der Waals surface area (Å²) < 4.78 is 39.6. The van der Waals surface area contributed by atoms with E-state index < -0.39 is 29.2 Å². The standard InChI is InChI=1S/C18H21F3N6O/c1-11-10-14(27-8-2-3-9-27)26-17(24-11)22-6-7-23-18(28)25-13-5-4-12(19)15(20)16(13)21/h4-5,10H,2-3,6-9H2,1H3,(H,22,24,26)(H2,23,25,28). The highest BCUT2D eigenvalue weighted by Crippen LogP contribution is 2.20. The maximum Gasteiger partial charge on any atom is 0.319 e. The quantitative estimate of drug-likeness (QED) is 0.518. The first-order valence-electron chi connectivity index (χ1n) is 8.97. The highest BCUT2D eigenvalue weighted by Gasteiger charge is 2.16. The van der Waals surface area contributed by atoms with E-state index in [4.69, 9.17) is 0 Å². The van der Waals surface area contributed by atoms with Crippen LogP contribution in [-0.2, 0) is 0 Å². The third-order valence-electron chi connectivity index (χ3n) is 4.25. The Balaban J connectivity index is 1.48. The molecule has 0 unspecified atom stereocenters. The average molecular weight is 394 g/mol. The number of hydrogen-bond donors (Lipinski definition) is 3. The summed E-state index contributed by atoms with van der Waals surface area (Å²) in [7, 11) is 0. The molecule has 0 spiro atoms. The first-order chi connectivity index (χ1) is 13.4. The van der Waals surface area contributed by atoms with Gasteiger partial charge in [0.1, 0.15) is 5.82 Å². The lowest BCUT2D eigenvalue weighted by molar-refractivity contribution is 0.252. The minimum atomic E-state index is -1.63. The average Bonchev–Trinajstić information content (AvgIpc) is 3.20. The zero-order valence-electron chi connectivity index (χ0n) is 15.4. The zero-order valence-corrected chi connectivity index (χ0v) is 15.4. The zero-order chi connectivity index (χ0) is 20.1. The fraction of sp³-hybridized carbons (Fsp3) is 0.389. The van der Waals surface area contributed by atoms with Gasteiger partial charge in [0.15, 0.2) is 17.5 Å². The van der Waals surface area contributed by atoms with Crippen molar-refractivity contribution < 1.29 is 18.0 Å². The Labute approximate surface area is 160 Å². The third-order valence-corrected chi connectivity index (χ3v) is 4.25. The number of benzene rings is 1. The largest absolute Gasteiger partial charge is 0.356 e. The van der Waals surface area contributed by atoms with Crippen LogP contribution in [0.2, 0.25) is 0 Å². The molecule has 1 fully saturated rings. The second kappa shape index (κ2) is 8.77. The molecule has 0 radical (unpaired) electrons. The lowest BCUT2D eigenvalue weighted by Gasteiger charge is -2.17. The number of aryl methyl sites for hydroxylation is 1. The fourth-order valence-corrected chi connectivity index (χ4v) is 2.88. The molecule has 28 heavy (non-hydrogen) atoms. The maximum atomic E-state index is 13.5. The summed E-state index contributed by atoms with van der Waals surface area (Å²) >= 11 is 0. The van der Waals surface area contributed by atoms with Gasteiger partial charge in [0.25, 0.3) is 0 Å². The van der Waals surface area contributed by atoms with E-state index in [2.05, 4.69) is 30.8 Å². The minimum absolute atomic E-state index is 0.188. The number of nitrogens with one attached hydrogen (secondary N) is 3. The van der Waals surface area contributed by atoms with Crippen molar-refractivity contribution in [3.05, 3.63) is 41.3 Å². The van der Waals surface area contributed by atoms with Crippen LogP contribution in [0.25, 0.3) is 0 Å². The van der Waals surface area contributed by atoms with E-state index in [0.29, 0.717) is 12.5 Å². The summed E-state index contributed by atoms with van der Waals surface area (Å²) in [5, 5.41) is 7.64. The molecule has 150 valence electrons. The van der Waals surface area contributed by atoms with Crippen LogP contribution in [0.15, 0.2) is 18.2 Å². The molecule has 2 amide bonds. The van der Waals surface area contributed by atoms with Crippen molar-refractivity contribution in [2.45, 2.75) is 19.8 Å². The van der Waals surface area contributed by atoms with Gasteiger partial charge in [0.2, 0.25) is 5.95 Å². The van der Waals surface area contributed by atoms with Gasteiger partial charge >= 0.3 is 6.03 Å². The van der Waals surface area contributed by atoms with Gasteiger partial charge in [0, 0.05) is 37.9 Å². The molecule has 3 rings (SSSR count). The van der Waals surface area contributed by atoms with Gasteiger partial charge in [-0.1, -0.05) is 0 Å². The number of amides is 2. The highest BCUT2D eigenvalue weighted by molar-refractivity contribution is 5.89. The van der Waals surface area contributed by atoms with E-state index in [1.807, 2.05) is 13.0 Å². The minimum Gasteiger partial charge on any atom is -0.356 e. The molecule has 0 atom stereocenters. The summed E-state index contributed by atoms with van der Waals surface area (Å²) in [6.45, 7) is 4.34. The Morgan fingerprint density at radius 2 is 1.86 bits per heavy atom. The van der Waals surface area contributed by atoms with Crippen LogP contribution in [-0.4, -0.2) is 42.2 Å². The third kappa shape index (κ3) is 4.81. The molecule has 1 aliphatic rings. The van der Waals surface area contributed by atoms with Crippen molar-refractivity contribution in [2.75, 3.05) is 41.7 Å². The van der Waals surface area contributed by atoms with Crippen molar-refractivity contribution in [3.63, 3.8) is 0 Å². The smallest absolute Gasteiger partial charge is 0.319 e. The predicted molar refractivity (Wildman–Crippen MR) is 100 cm³/mol. The molecule has 1 aromatic carbocycles. The molecule has 1 aliphatic heterocycles. The van der Waals surface area contributed by atoms with Gasteiger partial charge < -0.3 is 20.9 Å². The topological polar surface area (TPSA) is 82.2 Å². The number of carbonyl (C=O) groups is 1. The van der Waals surface area contributed by atoms with Gasteiger partial charge in [-0.05, 0) is 31.9 Å². The van der Waals surface area contributed by atoms with Crippen LogP contribution in [0.3, 0.4) is 0 Å². The number of hydrogen-bond acceptors (Lipinski definition) is 5. The SMILES string of the molecule is Cc1cc(N2CCCC2)nc(NCCNC(=O)Nc2ccc(F)c(F)c2F)n1. The summed E-state index contributed by atoms with van der Waals surface area (Å²) in [6.07, 6.45) is 2.28. The number of urea groups is 1. The molecule has 2 heterocycles. The molecule has 0 saturated carbocycles. The van der Waals surface area contributed by atoms with Crippen molar-refractivity contribution in [1.29, 1.82) is 0 Å². The molecule has 0 bridgehead atoms. The number of rotatable bonds is 6. The van der Waals surface area contributed by atoms with Crippen molar-refractivity contribution in [3.8, 4) is 0 Å². The van der Waals surface area contributed by atoms with Crippen molar-refractivity contribution >= 4 is 23.5 Å². The van der Waals surface area contributed by atoms with Gasteiger partial charge in [-0.25, -0.2) is 22.9 Å². The normalized spacial score (nSPS) is 13.5. The number of nitrogens with zero attached hydrogens (tertiary/aromatic N) is 3. The number of aromatic nitrogens is 2. The van der Waals surface area contributed by atoms with Gasteiger partial charge in [-0.2, -0.15) is 4.98 Å². The highest BCUT2D eigenvalue weighted by atomic mass is 19.2. The molecule has 2 aromatic rings. The van der Waals surface area contributed by atoms with E-state index in [9.17, 15) is 18.0 Å². The Morgan fingerprint density at radius 1 is 1.11 bits per heavy atom. The molecule has 0 aliphatic carbocycles. The van der Waals surface area contributed by atoms with E-state index in [-0.39, 0.29) is 6.54 Å². The Morgan fingerprint density at radius 3 is 2.61 bits per heavy atom. The number of carbonyl (C=O) groups excluding carboxylic acids is 1. The van der Waals surface area contributed by atoms with Crippen LogP contribution < -0.4 is 20.9 Å². The molecule has 10 heteroatoms. The Kier molecular flexibility index (Phi) is 6.17. The summed E-state index contributed by atoms with van der Waals surface area (Å²) in [4.78, 5) is 22.8. The van der Waals surface area contributed by atoms with Crippen LogP contribution in [0, 0.1) is 24.4 Å². The Hall–Kier alpha value is -3.04. The van der Waals surface area contributed by atoms with Crippen molar-refractivity contribution in [1.82, 2.24) is 15.3 Å². The number of anilines is 3. The van der Waals surface area contributed by atoms with Crippen LogP contribution in [0.4, 0.5) is 35.4 Å². The maximum absolute atomic E-state index is 13.5. The van der Waals surface area contributed by atoms with E-state index in [0.717, 1.165) is 49.6 Å². The molecule has 1 saturated heterocycles. The second-order valence-corrected chi connectivity index (χ2v) is 6.42. The lowest BCUT2D eigenvalue weighted by Crippen LogP contribution is -2.33. The molecule has 1 aromatic heterocycles. The molecular formula is C18H21F3N6O. The second-order valence-electron chi connectivity index (χ2n) is 6.42. The van der Waals surface area contributed by atoms with Gasteiger partial charge in [-0.3, -0.25) is 0 Å². The van der Waals surface area contributed by atoms with E-state index >= 15 is 0 Å². The number of halogens is 3. The van der Waals surface area contributed by atoms with E-state index in [1.165, 1.54) is 0 Å². The van der Waals surface area contributed by atoms with Crippen LogP contribution in [0.1, 0.15) is 18.5 Å². The van der Waals surface area contributed by atoms with Crippen LogP contribution in [0.5, 0.6) is 0 Å². The molecule has 3 N–H and O–H groups in total. The first-order valence-corrected chi connectivity index (χ1v) is 8.97. The Bertz CT molecular complexity index is 857. The summed E-state index contributed by atoms with van der Waals surface area (Å²) in [5.74, 6) is -3.08. The molecular weight excluding hydrogens is 373 g/mol. The van der Waals surface area contributed by atoms with Gasteiger partial charge in [-0.15, -0.1) is 0 Å². The molecule has 7 nitrogen and oxygen atoms in total. The van der Waals surface area contributed by atoms with Crippen molar-refractivity contribution in [2.24, 2.45) is 0 Å². The summed E-state index contributed by atoms with van der Waals surface area (Å²) in [6, 6.07) is 2.88. The van der Waals surface area contributed by atoms with Gasteiger partial charge in [0.05, 0.1) is 5.69 Å². The first kappa shape index (κ1) is 19.7.